The van der Waals surface area contributed by atoms with Gasteiger partial charge in [0.15, 0.2) is 0 Å². The van der Waals surface area contributed by atoms with Gasteiger partial charge in [-0.05, 0) is 6.42 Å². The fourth-order valence-electron chi connectivity index (χ4n) is 4.59. The Labute approximate surface area is 230 Å². The smallest absolute Gasteiger partial charge is 0.0253 e. The van der Waals surface area contributed by atoms with E-state index in [9.17, 15) is 0 Å². The van der Waals surface area contributed by atoms with Crippen LogP contribution in [0.1, 0.15) is 54.4 Å². The van der Waals surface area contributed by atoms with Crippen molar-refractivity contribution in [3.05, 3.63) is 82.9 Å². The maximum atomic E-state index is 3.30. The van der Waals surface area contributed by atoms with Gasteiger partial charge in [0, 0.05) is 8.07 Å². The van der Waals surface area contributed by atoms with Crippen LogP contribution >= 0.6 is 0 Å². The fourth-order valence-corrected chi connectivity index (χ4v) is 7.37. The van der Waals surface area contributed by atoms with Crippen molar-refractivity contribution >= 4 is 16.5 Å². The first kappa shape index (κ1) is 30.4. The molecule has 0 aliphatic heterocycles. The molecule has 0 atom stereocenters. The second-order valence-corrected chi connectivity index (χ2v) is 16.7. The van der Waals surface area contributed by atoms with Crippen molar-refractivity contribution in [3.63, 3.8) is 0 Å². The largest absolute Gasteiger partial charge is 0.179 e. The Balaban J connectivity index is 0.000000251. The minimum atomic E-state index is -1.06. The van der Waals surface area contributed by atoms with Crippen LogP contribution in [0.15, 0.2) is 54.6 Å². The number of hydrogen-bond acceptors (Lipinski definition) is 0. The van der Waals surface area contributed by atoms with E-state index in [1.54, 1.807) is 32.6 Å². The van der Waals surface area contributed by atoms with Gasteiger partial charge in [-0.2, -0.15) is 52.2 Å². The van der Waals surface area contributed by atoms with Crippen LogP contribution in [0.5, 0.6) is 0 Å². The molecule has 176 valence electrons. The average molecular weight is 575 g/mol. The van der Waals surface area contributed by atoms with Gasteiger partial charge in [-0.25, -0.2) is 6.07 Å². The van der Waals surface area contributed by atoms with Gasteiger partial charge in [-0.1, -0.05) is 68.9 Å². The number of halogens is 2. The zero-order valence-electron chi connectivity index (χ0n) is 20.7. The molecule has 1 fully saturated rings. The molecule has 0 aromatic heterocycles. The van der Waals surface area contributed by atoms with Crippen LogP contribution in [-0.4, -0.2) is 11.3 Å². The predicted octanol–water partition coefficient (Wildman–Crippen LogP) is 1.30. The number of fused-ring (bicyclic) bond motifs is 3. The molecule has 4 heteroatoms. The first-order valence-corrected chi connectivity index (χ1v) is 16.4. The van der Waals surface area contributed by atoms with Gasteiger partial charge in [0.1, 0.15) is 0 Å². The summed E-state index contributed by atoms with van der Waals surface area (Å²) < 4.78 is 1.80. The molecule has 1 saturated carbocycles. The summed E-state index contributed by atoms with van der Waals surface area (Å²) >= 11 is 1.69. The first-order valence-electron chi connectivity index (χ1n) is 11.6. The van der Waals surface area contributed by atoms with Crippen molar-refractivity contribution in [1.82, 2.24) is 0 Å². The Morgan fingerprint density at radius 2 is 1.52 bits per heavy atom. The Morgan fingerprint density at radius 1 is 0.879 bits per heavy atom. The van der Waals surface area contributed by atoms with E-state index >= 15 is 0 Å². The molecule has 0 unspecified atom stereocenters. The SMILES string of the molecule is Cc1cc([Si](C)(C)C)c(C)[cH-]1.[Cl-].[Cl-].[Zr+2]=[C]1CCCCC1.[c-]1cccc2c1Cc1ccccc1-2. The Morgan fingerprint density at radius 3 is 2.03 bits per heavy atom. The minimum Gasteiger partial charge on any atom is -0.179 e. The van der Waals surface area contributed by atoms with Gasteiger partial charge in [0.05, 0.1) is 0 Å². The zero-order valence-corrected chi connectivity index (χ0v) is 25.7. The van der Waals surface area contributed by atoms with Crippen molar-refractivity contribution in [2.24, 2.45) is 0 Å². The predicted molar refractivity (Wildman–Crippen MR) is 136 cm³/mol. The fraction of sp³-hybridized carbons (Fsp3) is 0.379. The van der Waals surface area contributed by atoms with E-state index in [0.29, 0.717) is 0 Å². The summed E-state index contributed by atoms with van der Waals surface area (Å²) in [5, 5.41) is 1.62. The van der Waals surface area contributed by atoms with E-state index in [-0.39, 0.29) is 24.8 Å². The van der Waals surface area contributed by atoms with E-state index in [2.05, 4.69) is 88.1 Å². The molecule has 2 aliphatic rings. The van der Waals surface area contributed by atoms with Crippen LogP contribution in [0, 0.1) is 19.9 Å². The van der Waals surface area contributed by atoms with Crippen molar-refractivity contribution < 1.29 is 49.0 Å². The molecule has 3 aromatic rings. The zero-order chi connectivity index (χ0) is 22.4. The molecular weight excluding hydrogens is 539 g/mol. The molecule has 0 N–H and O–H groups in total. The molecule has 5 rings (SSSR count). The molecule has 0 heterocycles. The third-order valence-corrected chi connectivity index (χ3v) is 9.51. The third-order valence-electron chi connectivity index (χ3n) is 6.12. The molecule has 33 heavy (non-hydrogen) atoms. The van der Waals surface area contributed by atoms with E-state index in [4.69, 9.17) is 0 Å². The maximum absolute atomic E-state index is 3.30. The molecule has 3 aromatic carbocycles. The van der Waals surface area contributed by atoms with E-state index in [1.165, 1.54) is 65.5 Å². The topological polar surface area (TPSA) is 0 Å². The van der Waals surface area contributed by atoms with E-state index < -0.39 is 8.07 Å². The molecule has 0 radical (unpaired) electrons. The molecule has 0 amide bonds. The van der Waals surface area contributed by atoms with Crippen LogP contribution in [0.25, 0.3) is 11.1 Å². The van der Waals surface area contributed by atoms with Crippen LogP contribution in [-0.2, 0) is 30.7 Å². The van der Waals surface area contributed by atoms with Gasteiger partial charge in [-0.3, -0.25) is 0 Å². The molecular formula is C29H36Cl2SiZr-2. The maximum Gasteiger partial charge on any atom is -0.0253 e. The van der Waals surface area contributed by atoms with Gasteiger partial charge >= 0.3 is 59.5 Å². The van der Waals surface area contributed by atoms with Crippen molar-refractivity contribution in [2.75, 3.05) is 0 Å². The molecule has 0 spiro atoms. The minimum absolute atomic E-state index is 0. The first-order chi connectivity index (χ1) is 14.8. The molecule has 0 bridgehead atoms. The monoisotopic (exact) mass is 572 g/mol. The number of aryl methyl sites for hydroxylation is 2. The Hall–Kier alpha value is -0.660. The number of rotatable bonds is 1. The Kier molecular flexibility index (Phi) is 12.9. The average Bonchev–Trinajstić information content (AvgIpc) is 3.28. The van der Waals surface area contributed by atoms with Gasteiger partial charge in [0.25, 0.3) is 0 Å². The normalized spacial score (nSPS) is 13.7. The van der Waals surface area contributed by atoms with Crippen LogP contribution < -0.4 is 30.0 Å². The van der Waals surface area contributed by atoms with Crippen LogP contribution in [0.2, 0.25) is 19.6 Å². The van der Waals surface area contributed by atoms with Gasteiger partial charge in [-0.15, -0.1) is 5.56 Å². The standard InChI is InChI=1S/C13H9.C10H17Si.C6H10.2ClH.Zr/c1-3-7-12-10(5-1)9-11-6-2-4-8-13(11)12;1-8-6-9(2)10(7-8)11(3,4)5;1-2-4-6-5-3-1;;;/h1-5,7-8H,9H2;6-7H,1-5H3;1-5H2;2*1H;/q2*-1;;;;+2/p-2. The van der Waals surface area contributed by atoms with Crippen molar-refractivity contribution in [3.8, 4) is 11.1 Å². The van der Waals surface area contributed by atoms with E-state index in [1.807, 2.05) is 6.07 Å². The third kappa shape index (κ3) is 8.81. The quantitative estimate of drug-likeness (QED) is 0.238. The van der Waals surface area contributed by atoms with Crippen molar-refractivity contribution in [1.29, 1.82) is 0 Å². The molecule has 2 aliphatic carbocycles. The van der Waals surface area contributed by atoms with Gasteiger partial charge < -0.3 is 24.8 Å². The summed E-state index contributed by atoms with van der Waals surface area (Å²) in [6.07, 6.45) is 8.36. The molecule has 0 saturated heterocycles. The summed E-state index contributed by atoms with van der Waals surface area (Å²) in [5.74, 6) is 0. The van der Waals surface area contributed by atoms with E-state index in [0.717, 1.165) is 6.42 Å². The second kappa shape index (κ2) is 14.0. The Bertz CT molecular complexity index is 979. The number of benzene rings is 2. The number of hydrogen-bond donors (Lipinski definition) is 0. The summed E-state index contributed by atoms with van der Waals surface area (Å²) in [4.78, 5) is 0. The summed E-state index contributed by atoms with van der Waals surface area (Å²) in [5.41, 5.74) is 8.41. The summed E-state index contributed by atoms with van der Waals surface area (Å²) in [6.45, 7) is 11.6. The van der Waals surface area contributed by atoms with Crippen LogP contribution in [0.3, 0.4) is 0 Å². The van der Waals surface area contributed by atoms with Crippen molar-refractivity contribution in [2.45, 2.75) is 72.0 Å². The van der Waals surface area contributed by atoms with Crippen LogP contribution in [0.4, 0.5) is 0 Å². The second-order valence-electron chi connectivity index (χ2n) is 9.94. The summed E-state index contributed by atoms with van der Waals surface area (Å²) in [7, 11) is -1.06. The van der Waals surface area contributed by atoms with Gasteiger partial charge in [0.2, 0.25) is 0 Å². The molecule has 0 nitrogen and oxygen atoms in total. The summed E-state index contributed by atoms with van der Waals surface area (Å²) in [6, 6.07) is 22.7.